The summed E-state index contributed by atoms with van der Waals surface area (Å²) in [7, 11) is 1.32. The molecule has 3 heterocycles. The van der Waals surface area contributed by atoms with Crippen LogP contribution in [-0.4, -0.2) is 60.4 Å². The van der Waals surface area contributed by atoms with Crippen molar-refractivity contribution in [3.63, 3.8) is 0 Å². The van der Waals surface area contributed by atoms with Crippen LogP contribution in [0, 0.1) is 0 Å². The Morgan fingerprint density at radius 3 is 2.16 bits per heavy atom. The van der Waals surface area contributed by atoms with E-state index in [2.05, 4.69) is 20.3 Å². The standard InChI is InChI=1S/C26H24N6O4S/c1-35-24(33)18-6-10-20(11-7-18)28-26(34)27-19-8-4-17(5-9-19)22-29-23(21-3-2-16-37-21)31-25(30-22)32-12-14-36-15-13-32/h2-11,16H,12-15H2,1H3,(H2,27,28,34). The number of carbonyl (C=O) groups is 2. The molecule has 0 aliphatic carbocycles. The smallest absolute Gasteiger partial charge is 0.337 e. The summed E-state index contributed by atoms with van der Waals surface area (Å²) in [5.74, 6) is 1.37. The van der Waals surface area contributed by atoms with Crippen molar-refractivity contribution in [2.24, 2.45) is 0 Å². The maximum Gasteiger partial charge on any atom is 0.337 e. The van der Waals surface area contributed by atoms with E-state index in [1.165, 1.54) is 7.11 Å². The number of nitrogens with one attached hydrogen (secondary N) is 2. The highest BCUT2D eigenvalue weighted by atomic mass is 32.1. The van der Waals surface area contributed by atoms with Crippen LogP contribution in [0.3, 0.4) is 0 Å². The van der Waals surface area contributed by atoms with Crippen LogP contribution in [0.4, 0.5) is 22.1 Å². The van der Waals surface area contributed by atoms with Crippen molar-refractivity contribution in [1.82, 2.24) is 15.0 Å². The van der Waals surface area contributed by atoms with Gasteiger partial charge in [-0.15, -0.1) is 11.3 Å². The average molecular weight is 517 g/mol. The molecule has 2 N–H and O–H groups in total. The minimum Gasteiger partial charge on any atom is -0.465 e. The number of aromatic nitrogens is 3. The zero-order chi connectivity index (χ0) is 25.6. The van der Waals surface area contributed by atoms with E-state index in [1.54, 1.807) is 47.7 Å². The van der Waals surface area contributed by atoms with Gasteiger partial charge in [0.1, 0.15) is 0 Å². The highest BCUT2D eigenvalue weighted by molar-refractivity contribution is 7.13. The third-order valence-electron chi connectivity index (χ3n) is 5.62. The number of methoxy groups -OCH3 is 1. The number of morpholine rings is 1. The van der Waals surface area contributed by atoms with Gasteiger partial charge in [-0.1, -0.05) is 6.07 Å². The van der Waals surface area contributed by atoms with Crippen LogP contribution in [0.25, 0.3) is 22.1 Å². The average Bonchev–Trinajstić information content (AvgIpc) is 3.49. The highest BCUT2D eigenvalue weighted by Gasteiger charge is 2.18. The third-order valence-corrected chi connectivity index (χ3v) is 6.49. The van der Waals surface area contributed by atoms with Crippen molar-refractivity contribution in [3.05, 3.63) is 71.6 Å². The van der Waals surface area contributed by atoms with Gasteiger partial charge in [0.15, 0.2) is 11.6 Å². The van der Waals surface area contributed by atoms with Gasteiger partial charge in [0.05, 0.1) is 30.8 Å². The maximum atomic E-state index is 12.4. The van der Waals surface area contributed by atoms with E-state index in [9.17, 15) is 9.59 Å². The minimum absolute atomic E-state index is 0.404. The predicted octanol–water partition coefficient (Wildman–Crippen LogP) is 4.53. The van der Waals surface area contributed by atoms with Crippen LogP contribution in [0.5, 0.6) is 0 Å². The summed E-state index contributed by atoms with van der Waals surface area (Å²) in [4.78, 5) is 41.2. The first kappa shape index (κ1) is 24.3. The predicted molar refractivity (Wildman–Crippen MR) is 142 cm³/mol. The van der Waals surface area contributed by atoms with Crippen LogP contribution in [0.1, 0.15) is 10.4 Å². The molecule has 2 aromatic carbocycles. The first-order valence-corrected chi connectivity index (χ1v) is 12.5. The van der Waals surface area contributed by atoms with Crippen LogP contribution in [-0.2, 0) is 9.47 Å². The lowest BCUT2D eigenvalue weighted by Gasteiger charge is -2.27. The van der Waals surface area contributed by atoms with Crippen molar-refractivity contribution in [2.45, 2.75) is 0 Å². The number of carbonyl (C=O) groups excluding carboxylic acids is 2. The van der Waals surface area contributed by atoms with Crippen molar-refractivity contribution < 1.29 is 19.1 Å². The minimum atomic E-state index is -0.436. The summed E-state index contributed by atoms with van der Waals surface area (Å²) in [5, 5.41) is 7.53. The molecule has 0 bridgehead atoms. The summed E-state index contributed by atoms with van der Waals surface area (Å²) in [6.07, 6.45) is 0. The van der Waals surface area contributed by atoms with Gasteiger partial charge in [0.2, 0.25) is 5.95 Å². The molecule has 37 heavy (non-hydrogen) atoms. The van der Waals surface area contributed by atoms with Crippen molar-refractivity contribution in [3.8, 4) is 22.1 Å². The van der Waals surface area contributed by atoms with E-state index < -0.39 is 12.0 Å². The monoisotopic (exact) mass is 516 g/mol. The third kappa shape index (κ3) is 5.90. The number of esters is 1. The molecule has 2 aromatic heterocycles. The zero-order valence-electron chi connectivity index (χ0n) is 20.0. The summed E-state index contributed by atoms with van der Waals surface area (Å²) >= 11 is 1.58. The molecule has 1 aliphatic rings. The van der Waals surface area contributed by atoms with E-state index in [1.807, 2.05) is 29.6 Å². The van der Waals surface area contributed by atoms with Crippen molar-refractivity contribution in [1.29, 1.82) is 0 Å². The number of hydrogen-bond acceptors (Lipinski definition) is 9. The summed E-state index contributed by atoms with van der Waals surface area (Å²) < 4.78 is 10.2. The lowest BCUT2D eigenvalue weighted by molar-refractivity contribution is 0.0600. The number of amides is 2. The van der Waals surface area contributed by atoms with Gasteiger partial charge in [-0.25, -0.2) is 14.6 Å². The van der Waals surface area contributed by atoms with E-state index in [4.69, 9.17) is 19.7 Å². The Bertz CT molecular complexity index is 1370. The molecule has 0 atom stereocenters. The number of nitrogens with zero attached hydrogens (tertiary/aromatic N) is 4. The Hall–Kier alpha value is -4.35. The molecule has 11 heteroatoms. The zero-order valence-corrected chi connectivity index (χ0v) is 20.8. The second-order valence-corrected chi connectivity index (χ2v) is 9.03. The number of urea groups is 1. The molecular weight excluding hydrogens is 492 g/mol. The molecule has 2 amide bonds. The Kier molecular flexibility index (Phi) is 7.33. The summed E-state index contributed by atoms with van der Waals surface area (Å²) in [6.45, 7) is 2.70. The fourth-order valence-electron chi connectivity index (χ4n) is 3.72. The Morgan fingerprint density at radius 1 is 0.892 bits per heavy atom. The van der Waals surface area contributed by atoms with Gasteiger partial charge in [0.25, 0.3) is 0 Å². The van der Waals surface area contributed by atoms with Crippen molar-refractivity contribution >= 4 is 40.7 Å². The van der Waals surface area contributed by atoms with E-state index in [0.29, 0.717) is 47.7 Å². The molecule has 5 rings (SSSR count). The summed E-state index contributed by atoms with van der Waals surface area (Å²) in [6, 6.07) is 17.3. The molecule has 0 radical (unpaired) electrons. The van der Waals surface area contributed by atoms with Crippen LogP contribution < -0.4 is 15.5 Å². The number of ether oxygens (including phenoxy) is 2. The molecular formula is C26H24N6O4S. The van der Waals surface area contributed by atoms with Gasteiger partial charge in [-0.2, -0.15) is 9.97 Å². The van der Waals surface area contributed by atoms with E-state index >= 15 is 0 Å². The Morgan fingerprint density at radius 2 is 1.54 bits per heavy atom. The molecule has 4 aromatic rings. The highest BCUT2D eigenvalue weighted by Crippen LogP contribution is 2.27. The lowest BCUT2D eigenvalue weighted by Crippen LogP contribution is -2.37. The number of hydrogen-bond donors (Lipinski definition) is 2. The number of anilines is 3. The van der Waals surface area contributed by atoms with Gasteiger partial charge in [-0.3, -0.25) is 0 Å². The molecule has 0 spiro atoms. The van der Waals surface area contributed by atoms with Gasteiger partial charge >= 0.3 is 12.0 Å². The molecule has 10 nitrogen and oxygen atoms in total. The fourth-order valence-corrected chi connectivity index (χ4v) is 4.38. The van der Waals surface area contributed by atoms with Gasteiger partial charge in [-0.05, 0) is 60.0 Å². The Labute approximate surface area is 217 Å². The normalized spacial score (nSPS) is 13.2. The second kappa shape index (κ2) is 11.1. The molecule has 1 saturated heterocycles. The van der Waals surface area contributed by atoms with E-state index in [0.717, 1.165) is 23.5 Å². The largest absolute Gasteiger partial charge is 0.465 e. The molecule has 188 valence electrons. The number of rotatable bonds is 6. The Balaban J connectivity index is 1.31. The summed E-state index contributed by atoms with van der Waals surface area (Å²) in [5.41, 5.74) is 2.36. The number of thiophene rings is 1. The second-order valence-electron chi connectivity index (χ2n) is 8.08. The van der Waals surface area contributed by atoms with Crippen LogP contribution >= 0.6 is 11.3 Å². The lowest BCUT2D eigenvalue weighted by atomic mass is 10.2. The molecule has 1 aliphatic heterocycles. The SMILES string of the molecule is COC(=O)c1ccc(NC(=O)Nc2ccc(-c3nc(-c4cccs4)nc(N4CCOCC4)n3)cc2)cc1. The molecule has 0 saturated carbocycles. The van der Waals surface area contributed by atoms with Gasteiger partial charge < -0.3 is 25.0 Å². The maximum absolute atomic E-state index is 12.4. The van der Waals surface area contributed by atoms with Crippen LogP contribution in [0.15, 0.2) is 66.0 Å². The van der Waals surface area contributed by atoms with Crippen LogP contribution in [0.2, 0.25) is 0 Å². The quantitative estimate of drug-likeness (QED) is 0.359. The number of benzene rings is 2. The van der Waals surface area contributed by atoms with Gasteiger partial charge in [0, 0.05) is 30.0 Å². The molecule has 1 fully saturated rings. The fraction of sp³-hybridized carbons (Fsp3) is 0.192. The first-order chi connectivity index (χ1) is 18.1. The molecule has 0 unspecified atom stereocenters. The topological polar surface area (TPSA) is 119 Å². The van der Waals surface area contributed by atoms with E-state index in [-0.39, 0.29) is 0 Å². The van der Waals surface area contributed by atoms with Crippen molar-refractivity contribution in [2.75, 3.05) is 48.9 Å². The first-order valence-electron chi connectivity index (χ1n) is 11.6.